The molecule has 1 saturated heterocycles. The summed E-state index contributed by atoms with van der Waals surface area (Å²) in [5.74, 6) is 1.14. The molecule has 4 aromatic rings. The molecule has 1 aliphatic heterocycles. The molecule has 0 saturated carbocycles. The van der Waals surface area contributed by atoms with Crippen LogP contribution in [0.15, 0.2) is 95.9 Å². The van der Waals surface area contributed by atoms with E-state index in [1.807, 2.05) is 78.9 Å². The van der Waals surface area contributed by atoms with Gasteiger partial charge in [-0.05, 0) is 65.2 Å². The minimum atomic E-state index is -2.49. The molecule has 50 heavy (non-hydrogen) atoms. The van der Waals surface area contributed by atoms with Crippen LogP contribution in [-0.2, 0) is 24.3 Å². The number of aliphatic hydroxyl groups is 1. The summed E-state index contributed by atoms with van der Waals surface area (Å²) in [5.41, 5.74) is 0.692. The summed E-state index contributed by atoms with van der Waals surface area (Å²) < 4.78 is 32.7. The monoisotopic (exact) mass is 701 g/mol. The number of anilines is 1. The summed E-state index contributed by atoms with van der Waals surface area (Å²) in [4.78, 5) is 28.8. The second-order valence-electron chi connectivity index (χ2n) is 13.9. The van der Waals surface area contributed by atoms with Gasteiger partial charge in [-0.1, -0.05) is 75.4 Å². The second-order valence-corrected chi connectivity index (χ2v) is 18.7. The lowest BCUT2D eigenvalue weighted by molar-refractivity contribution is -0.114. The fraction of sp³-hybridized carbons (Fsp3) is 0.395. The van der Waals surface area contributed by atoms with Gasteiger partial charge in [0.05, 0.1) is 20.8 Å². The number of hydrogen-bond donors (Lipinski definition) is 2. The van der Waals surface area contributed by atoms with E-state index >= 15 is 0 Å². The Balaban J connectivity index is 1.60. The molecule has 1 amide bonds. The molecule has 2 heterocycles. The summed E-state index contributed by atoms with van der Waals surface area (Å²) in [6.07, 6.45) is -2.56. The van der Waals surface area contributed by atoms with Gasteiger partial charge in [0.2, 0.25) is 5.91 Å². The van der Waals surface area contributed by atoms with E-state index in [-0.39, 0.29) is 23.4 Å². The summed E-state index contributed by atoms with van der Waals surface area (Å²) in [6.45, 7) is 11.9. The molecule has 3 aromatic carbocycles. The molecule has 1 fully saturated rings. The lowest BCUT2D eigenvalue weighted by atomic mass is 9.80. The average molecular weight is 702 g/mol. The van der Waals surface area contributed by atoms with Crippen LogP contribution in [0.25, 0.3) is 0 Å². The largest absolute Gasteiger partial charge is 0.497 e. The van der Waals surface area contributed by atoms with Gasteiger partial charge in [-0.2, -0.15) is 4.98 Å². The number of nitrogens with zero attached hydrogens (tertiary/aromatic N) is 2. The van der Waals surface area contributed by atoms with Crippen molar-refractivity contribution in [2.45, 2.75) is 76.0 Å². The molecule has 11 nitrogen and oxygen atoms in total. The third-order valence-electron chi connectivity index (χ3n) is 9.59. The highest BCUT2D eigenvalue weighted by atomic mass is 28.4. The van der Waals surface area contributed by atoms with Crippen LogP contribution in [0, 0.1) is 0 Å². The number of ether oxygens (including phenoxy) is 4. The first kappa shape index (κ1) is 36.9. The fourth-order valence-electron chi connectivity index (χ4n) is 5.88. The lowest BCUT2D eigenvalue weighted by Crippen LogP contribution is -2.50. The van der Waals surface area contributed by atoms with Gasteiger partial charge in [0.15, 0.2) is 14.5 Å². The second kappa shape index (κ2) is 14.9. The highest BCUT2D eigenvalue weighted by Gasteiger charge is 2.51. The number of carbonyl (C=O) groups is 1. The number of nitrogens with one attached hydrogen (secondary N) is 1. The van der Waals surface area contributed by atoms with Crippen molar-refractivity contribution in [3.05, 3.63) is 118 Å². The van der Waals surface area contributed by atoms with E-state index in [0.29, 0.717) is 11.5 Å². The Morgan fingerprint density at radius 1 is 0.900 bits per heavy atom. The molecule has 4 atom stereocenters. The molecule has 0 spiro atoms. The predicted octanol–water partition coefficient (Wildman–Crippen LogP) is 5.88. The molecule has 0 radical (unpaired) electrons. The molecule has 5 rings (SSSR count). The zero-order valence-electron chi connectivity index (χ0n) is 29.9. The van der Waals surface area contributed by atoms with Crippen LogP contribution in [0.5, 0.6) is 11.5 Å². The molecule has 12 heteroatoms. The molecule has 1 aromatic heterocycles. The maximum absolute atomic E-state index is 13.2. The van der Waals surface area contributed by atoms with Crippen molar-refractivity contribution in [3.8, 4) is 11.5 Å². The van der Waals surface area contributed by atoms with Crippen molar-refractivity contribution in [1.82, 2.24) is 9.55 Å². The maximum atomic E-state index is 13.2. The molecular formula is C38H47N3O8Si. The summed E-state index contributed by atoms with van der Waals surface area (Å²) in [6, 6.07) is 26.8. The topological polar surface area (TPSA) is 130 Å². The molecule has 0 aliphatic carbocycles. The Labute approximate surface area is 294 Å². The van der Waals surface area contributed by atoms with E-state index in [2.05, 4.69) is 44.2 Å². The number of aliphatic hydroxyl groups excluding tert-OH is 1. The Morgan fingerprint density at radius 2 is 1.44 bits per heavy atom. The van der Waals surface area contributed by atoms with E-state index in [0.717, 1.165) is 16.7 Å². The smallest absolute Gasteiger partial charge is 0.351 e. The van der Waals surface area contributed by atoms with Crippen molar-refractivity contribution in [2.24, 2.45) is 0 Å². The number of methoxy groups -OCH3 is 2. The third kappa shape index (κ3) is 7.54. The first-order valence-corrected chi connectivity index (χ1v) is 19.5. The number of hydrogen-bond acceptors (Lipinski definition) is 9. The molecule has 1 aliphatic rings. The number of aromatic nitrogens is 2. The quantitative estimate of drug-likeness (QED) is 0.138. The van der Waals surface area contributed by atoms with Gasteiger partial charge < -0.3 is 33.8 Å². The Morgan fingerprint density at radius 3 is 1.92 bits per heavy atom. The summed E-state index contributed by atoms with van der Waals surface area (Å²) >= 11 is 0. The van der Waals surface area contributed by atoms with Crippen LogP contribution in [0.3, 0.4) is 0 Å². The summed E-state index contributed by atoms with van der Waals surface area (Å²) in [5, 5.41) is 14.2. The van der Waals surface area contributed by atoms with Crippen molar-refractivity contribution in [3.63, 3.8) is 0 Å². The van der Waals surface area contributed by atoms with Crippen molar-refractivity contribution in [1.29, 1.82) is 0 Å². The number of carbonyl (C=O) groups excluding carboxylic acids is 1. The average Bonchev–Trinajstić information content (AvgIpc) is 3.38. The normalized spacial score (nSPS) is 19.6. The van der Waals surface area contributed by atoms with Crippen LogP contribution in [-0.4, -0.2) is 68.0 Å². The highest BCUT2D eigenvalue weighted by molar-refractivity contribution is 6.74. The Hall–Kier alpha value is -4.33. The fourth-order valence-corrected chi connectivity index (χ4v) is 7.21. The van der Waals surface area contributed by atoms with E-state index in [4.69, 9.17) is 23.4 Å². The maximum Gasteiger partial charge on any atom is 0.351 e. The van der Waals surface area contributed by atoms with Crippen molar-refractivity contribution >= 4 is 20.0 Å². The van der Waals surface area contributed by atoms with E-state index in [1.165, 1.54) is 23.8 Å². The van der Waals surface area contributed by atoms with Gasteiger partial charge in [-0.25, -0.2) is 4.79 Å². The van der Waals surface area contributed by atoms with Crippen LogP contribution in [0.4, 0.5) is 5.82 Å². The highest BCUT2D eigenvalue weighted by Crippen LogP contribution is 2.45. The van der Waals surface area contributed by atoms with Gasteiger partial charge in [0.25, 0.3) is 0 Å². The number of rotatable bonds is 12. The third-order valence-corrected chi connectivity index (χ3v) is 14.1. The van der Waals surface area contributed by atoms with Crippen LogP contribution >= 0.6 is 0 Å². The lowest BCUT2D eigenvalue weighted by Gasteiger charge is -2.41. The van der Waals surface area contributed by atoms with Gasteiger partial charge in [-0.3, -0.25) is 9.36 Å². The SMILES string of the molecule is COc1ccc(C(OC[C@@H]2O[C@H](n3ccc(NC(C)=O)nc3=O)[C@@H](O)[C@H]2O[Si](C)(C)C(C)(C)C)(c2ccccc2)c2ccc(OC)cc2)cc1. The Bertz CT molecular complexity index is 1760. The predicted molar refractivity (Wildman–Crippen MR) is 193 cm³/mol. The molecule has 266 valence electrons. The molecule has 0 bridgehead atoms. The minimum Gasteiger partial charge on any atom is -0.497 e. The zero-order valence-corrected chi connectivity index (χ0v) is 30.9. The van der Waals surface area contributed by atoms with Crippen molar-refractivity contribution < 1.29 is 33.3 Å². The first-order valence-electron chi connectivity index (χ1n) is 16.6. The standard InChI is InChI=1S/C38H47N3O8Si/c1-25(42)39-32-22-23-41(36(44)40-32)35-33(43)34(49-50(7,8)37(2,3)4)31(48-35)24-47-38(26-12-10-9-11-13-26,27-14-18-29(45-5)19-15-27)28-16-20-30(46-6)21-17-28/h9-23,31,33-35,43H,24H2,1-8H3,(H,39,40,42,44)/t31-,33-,34-,35-/m0/s1. The first-order chi connectivity index (χ1) is 23.7. The van der Waals surface area contributed by atoms with E-state index < -0.39 is 44.1 Å². The molecule has 0 unspecified atom stereocenters. The van der Waals surface area contributed by atoms with Gasteiger partial charge in [0, 0.05) is 13.1 Å². The van der Waals surface area contributed by atoms with Crippen molar-refractivity contribution in [2.75, 3.05) is 26.1 Å². The van der Waals surface area contributed by atoms with Gasteiger partial charge in [0.1, 0.15) is 41.2 Å². The van der Waals surface area contributed by atoms with Crippen LogP contribution in [0.1, 0.15) is 50.6 Å². The summed E-state index contributed by atoms with van der Waals surface area (Å²) in [7, 11) is 0.754. The minimum absolute atomic E-state index is 0.0219. The number of amides is 1. The molecule has 2 N–H and O–H groups in total. The number of benzene rings is 3. The van der Waals surface area contributed by atoms with Gasteiger partial charge in [-0.15, -0.1) is 0 Å². The van der Waals surface area contributed by atoms with Crippen LogP contribution in [0.2, 0.25) is 18.1 Å². The Kier molecular flexibility index (Phi) is 11.0. The van der Waals surface area contributed by atoms with E-state index in [9.17, 15) is 14.7 Å². The van der Waals surface area contributed by atoms with Crippen LogP contribution < -0.4 is 20.5 Å². The molecular weight excluding hydrogens is 655 g/mol. The zero-order chi connectivity index (χ0) is 36.3. The van der Waals surface area contributed by atoms with E-state index in [1.54, 1.807) is 14.2 Å². The van der Waals surface area contributed by atoms with Gasteiger partial charge >= 0.3 is 5.69 Å².